The molecule has 152 valence electrons. The Morgan fingerprint density at radius 3 is 0.962 bits per heavy atom. The molecule has 7 N–H and O–H groups in total. The molecule has 26 heavy (non-hydrogen) atoms. The molecule has 0 aliphatic carbocycles. The zero-order valence-electron chi connectivity index (χ0n) is 13.9. The van der Waals surface area contributed by atoms with E-state index >= 15 is 0 Å². The second-order valence-electron chi connectivity index (χ2n) is 5.02. The Labute approximate surface area is 148 Å². The molecule has 0 aromatic heterocycles. The minimum Gasteiger partial charge on any atom is -0.480 e. The molecule has 13 nitrogen and oxygen atoms in total. The fourth-order valence-corrected chi connectivity index (χ4v) is 1.53. The smallest absolute Gasteiger partial charge is 0.317 e. The van der Waals surface area contributed by atoms with Crippen LogP contribution in [-0.4, -0.2) is 128 Å². The molecule has 0 bridgehead atoms. The molecule has 0 aromatic carbocycles. The highest BCUT2D eigenvalue weighted by atomic mass is 16.4. The van der Waals surface area contributed by atoms with Crippen LogP contribution in [0.5, 0.6) is 0 Å². The molecule has 0 saturated heterocycles. The van der Waals surface area contributed by atoms with E-state index in [9.17, 15) is 19.2 Å². The predicted molar refractivity (Wildman–Crippen MR) is 83.6 cm³/mol. The average molecular weight is 384 g/mol. The maximum Gasteiger partial charge on any atom is 0.317 e. The summed E-state index contributed by atoms with van der Waals surface area (Å²) in [5.41, 5.74) is 0. The largest absolute Gasteiger partial charge is 0.480 e. The minimum atomic E-state index is -1.23. The molecule has 0 amide bonds. The van der Waals surface area contributed by atoms with E-state index in [4.69, 9.17) is 35.7 Å². The second kappa shape index (κ2) is 15.0. The molecule has 0 rings (SSSR count). The van der Waals surface area contributed by atoms with Crippen LogP contribution in [0.1, 0.15) is 0 Å². The fraction of sp³-hybridized carbons (Fsp3) is 0.692. The molecule has 0 radical (unpaired) electrons. The summed E-state index contributed by atoms with van der Waals surface area (Å²) in [7, 11) is 0. The Balaban J connectivity index is 0. The van der Waals surface area contributed by atoms with Crippen LogP contribution >= 0.6 is 0 Å². The SMILES string of the molecule is O=C(O)CN(CCN(CC(=O)O)CC(=O)O)CC(=O)O.OCC(O)CO. The Kier molecular flexibility index (Phi) is 14.9. The first-order valence-electron chi connectivity index (χ1n) is 7.23. The van der Waals surface area contributed by atoms with Crippen molar-refractivity contribution in [1.29, 1.82) is 0 Å². The second-order valence-corrected chi connectivity index (χ2v) is 5.02. The number of carboxylic acid groups (broad SMARTS) is 4. The summed E-state index contributed by atoms with van der Waals surface area (Å²) in [6.07, 6.45) is -0.954. The van der Waals surface area contributed by atoms with E-state index in [0.717, 1.165) is 9.80 Å². The summed E-state index contributed by atoms with van der Waals surface area (Å²) < 4.78 is 0. The molecule has 0 aromatic rings. The maximum absolute atomic E-state index is 10.6. The van der Waals surface area contributed by atoms with Gasteiger partial charge in [-0.25, -0.2) is 0 Å². The van der Waals surface area contributed by atoms with E-state index in [-0.39, 0.29) is 26.3 Å². The van der Waals surface area contributed by atoms with Crippen molar-refractivity contribution >= 4 is 23.9 Å². The molecule has 0 fully saturated rings. The molecule has 0 spiro atoms. The van der Waals surface area contributed by atoms with Crippen molar-refractivity contribution in [3.63, 3.8) is 0 Å². The first kappa shape index (κ1) is 25.9. The molecule has 0 heterocycles. The van der Waals surface area contributed by atoms with E-state index in [1.807, 2.05) is 0 Å². The summed E-state index contributed by atoms with van der Waals surface area (Å²) in [5.74, 6) is -4.91. The number of carboxylic acids is 4. The van der Waals surface area contributed by atoms with Crippen molar-refractivity contribution in [3.8, 4) is 0 Å². The molecular weight excluding hydrogens is 360 g/mol. The number of hydrogen-bond donors (Lipinski definition) is 7. The van der Waals surface area contributed by atoms with Crippen LogP contribution in [0.4, 0.5) is 0 Å². The number of nitrogens with zero attached hydrogens (tertiary/aromatic N) is 2. The van der Waals surface area contributed by atoms with Gasteiger partial charge in [-0.15, -0.1) is 0 Å². The van der Waals surface area contributed by atoms with Gasteiger partial charge in [0.25, 0.3) is 0 Å². The minimum absolute atomic E-state index is 0.0703. The number of aliphatic hydroxyl groups is 3. The number of rotatable bonds is 13. The normalized spacial score (nSPS) is 10.5. The summed E-state index contributed by atoms with van der Waals surface area (Å²) in [6, 6.07) is 0. The van der Waals surface area contributed by atoms with E-state index in [1.54, 1.807) is 0 Å². The van der Waals surface area contributed by atoms with Crippen molar-refractivity contribution in [2.45, 2.75) is 6.10 Å². The van der Waals surface area contributed by atoms with Crippen LogP contribution in [0.2, 0.25) is 0 Å². The van der Waals surface area contributed by atoms with Gasteiger partial charge in [-0.2, -0.15) is 0 Å². The quantitative estimate of drug-likeness (QED) is 0.163. The molecule has 0 unspecified atom stereocenters. The van der Waals surface area contributed by atoms with Crippen LogP contribution < -0.4 is 0 Å². The lowest BCUT2D eigenvalue weighted by Crippen LogP contribution is -2.43. The van der Waals surface area contributed by atoms with Gasteiger partial charge in [-0.05, 0) is 0 Å². The Bertz CT molecular complexity index is 385. The molecule has 0 atom stereocenters. The van der Waals surface area contributed by atoms with Gasteiger partial charge >= 0.3 is 23.9 Å². The van der Waals surface area contributed by atoms with Crippen LogP contribution in [0, 0.1) is 0 Å². The Morgan fingerprint density at radius 2 is 0.846 bits per heavy atom. The van der Waals surface area contributed by atoms with Crippen LogP contribution in [0.15, 0.2) is 0 Å². The van der Waals surface area contributed by atoms with Crippen LogP contribution in [-0.2, 0) is 19.2 Å². The zero-order valence-corrected chi connectivity index (χ0v) is 13.9. The third kappa shape index (κ3) is 18.0. The van der Waals surface area contributed by atoms with Crippen molar-refractivity contribution in [3.05, 3.63) is 0 Å². The molecule has 13 heteroatoms. The van der Waals surface area contributed by atoms with E-state index in [2.05, 4.69) is 0 Å². The number of aliphatic hydroxyl groups excluding tert-OH is 3. The van der Waals surface area contributed by atoms with E-state index < -0.39 is 56.2 Å². The third-order valence-electron chi connectivity index (χ3n) is 2.59. The van der Waals surface area contributed by atoms with Crippen LogP contribution in [0.3, 0.4) is 0 Å². The van der Waals surface area contributed by atoms with Crippen LogP contribution in [0.25, 0.3) is 0 Å². The van der Waals surface area contributed by atoms with E-state index in [1.165, 1.54) is 0 Å². The third-order valence-corrected chi connectivity index (χ3v) is 2.59. The average Bonchev–Trinajstić information content (AvgIpc) is 2.50. The zero-order chi connectivity index (χ0) is 20.7. The number of carbonyl (C=O) groups is 4. The first-order valence-corrected chi connectivity index (χ1v) is 7.23. The predicted octanol–water partition coefficient (Wildman–Crippen LogP) is -3.74. The Morgan fingerprint density at radius 1 is 0.615 bits per heavy atom. The van der Waals surface area contributed by atoms with E-state index in [0.29, 0.717) is 0 Å². The van der Waals surface area contributed by atoms with Gasteiger partial charge in [0.1, 0.15) is 6.10 Å². The summed E-state index contributed by atoms with van der Waals surface area (Å²) in [6.45, 7) is -2.98. The number of hydrogen-bond acceptors (Lipinski definition) is 9. The lowest BCUT2D eigenvalue weighted by molar-refractivity contribution is -0.145. The van der Waals surface area contributed by atoms with Gasteiger partial charge in [0.2, 0.25) is 0 Å². The Hall–Kier alpha value is -2.32. The molecular formula is C13H24N2O11. The first-order chi connectivity index (χ1) is 12.0. The van der Waals surface area contributed by atoms with Crippen molar-refractivity contribution < 1.29 is 54.9 Å². The molecule has 0 saturated carbocycles. The topological polar surface area (TPSA) is 216 Å². The fourth-order valence-electron chi connectivity index (χ4n) is 1.53. The standard InChI is InChI=1S/C10H16N2O8.C3H8O3/c13-7(14)3-11(4-8(15)16)1-2-12(5-9(17)18)6-10(19)20;4-1-3(6)2-5/h1-6H2,(H,13,14)(H,15,16)(H,17,18)(H,19,20);3-6H,1-2H2. The van der Waals surface area contributed by atoms with Gasteiger partial charge in [0.15, 0.2) is 0 Å². The van der Waals surface area contributed by atoms with Crippen molar-refractivity contribution in [2.24, 2.45) is 0 Å². The van der Waals surface area contributed by atoms with Gasteiger partial charge in [-0.1, -0.05) is 0 Å². The lowest BCUT2D eigenvalue weighted by atomic mass is 10.4. The van der Waals surface area contributed by atoms with Gasteiger partial charge in [0, 0.05) is 13.1 Å². The summed E-state index contributed by atoms with van der Waals surface area (Å²) in [4.78, 5) is 44.4. The van der Waals surface area contributed by atoms with Crippen molar-refractivity contribution in [2.75, 3.05) is 52.5 Å². The van der Waals surface area contributed by atoms with Gasteiger partial charge < -0.3 is 35.7 Å². The van der Waals surface area contributed by atoms with Crippen molar-refractivity contribution in [1.82, 2.24) is 9.80 Å². The monoisotopic (exact) mass is 384 g/mol. The highest BCUT2D eigenvalue weighted by Gasteiger charge is 2.17. The summed E-state index contributed by atoms with van der Waals surface area (Å²) in [5, 5.41) is 58.5. The molecule has 0 aliphatic heterocycles. The number of aliphatic carboxylic acids is 4. The highest BCUT2D eigenvalue weighted by molar-refractivity contribution is 5.73. The van der Waals surface area contributed by atoms with Gasteiger partial charge in [-0.3, -0.25) is 29.0 Å². The summed E-state index contributed by atoms with van der Waals surface area (Å²) >= 11 is 0. The lowest BCUT2D eigenvalue weighted by Gasteiger charge is -2.23. The van der Waals surface area contributed by atoms with Gasteiger partial charge in [0.05, 0.1) is 39.4 Å². The molecule has 0 aliphatic rings. The maximum atomic E-state index is 10.6. The highest BCUT2D eigenvalue weighted by Crippen LogP contribution is 1.94.